The maximum atomic E-state index is 15.0. The van der Waals surface area contributed by atoms with E-state index in [1.807, 2.05) is 0 Å². The van der Waals surface area contributed by atoms with Crippen LogP contribution in [0.1, 0.15) is 57.4 Å². The van der Waals surface area contributed by atoms with Crippen LogP contribution in [0.2, 0.25) is 0 Å². The van der Waals surface area contributed by atoms with Gasteiger partial charge in [0.25, 0.3) is 0 Å². The summed E-state index contributed by atoms with van der Waals surface area (Å²) < 4.78 is 159. The first-order valence-electron chi connectivity index (χ1n) is 11.7. The van der Waals surface area contributed by atoms with Gasteiger partial charge in [-0.15, -0.1) is 0 Å². The molecular formula is C27H24F10O3S. The number of allylic oxidation sites excluding steroid dienone is 1. The van der Waals surface area contributed by atoms with Crippen LogP contribution >= 0.6 is 0 Å². The zero-order valence-electron chi connectivity index (χ0n) is 21.5. The van der Waals surface area contributed by atoms with E-state index < -0.39 is 86.4 Å². The first kappa shape index (κ1) is 34.0. The van der Waals surface area contributed by atoms with Crippen molar-refractivity contribution < 1.29 is 57.1 Å². The van der Waals surface area contributed by atoms with Crippen LogP contribution in [-0.2, 0) is 16.0 Å². The van der Waals surface area contributed by atoms with Gasteiger partial charge in [-0.2, -0.15) is 39.5 Å². The lowest BCUT2D eigenvalue weighted by Crippen LogP contribution is -2.28. The molecule has 0 fully saturated rings. The number of sulfone groups is 1. The van der Waals surface area contributed by atoms with Crippen molar-refractivity contribution in [3.8, 4) is 0 Å². The fourth-order valence-corrected chi connectivity index (χ4v) is 5.76. The van der Waals surface area contributed by atoms with E-state index in [1.54, 1.807) is 0 Å². The van der Waals surface area contributed by atoms with Crippen LogP contribution in [0.25, 0.3) is 11.9 Å². The fraction of sp³-hybridized carbons (Fsp3) is 0.370. The van der Waals surface area contributed by atoms with Gasteiger partial charge in [-0.3, -0.25) is 4.79 Å². The van der Waals surface area contributed by atoms with Gasteiger partial charge >= 0.3 is 18.5 Å². The molecule has 2 aromatic carbocycles. The Hall–Kier alpha value is -3.16. The Morgan fingerprint density at radius 1 is 0.976 bits per heavy atom. The van der Waals surface area contributed by atoms with E-state index in [9.17, 15) is 52.7 Å². The number of carbonyl (C=O) groups is 1. The standard InChI is InChI=1S/C27H24F10O3S/c1-4-17-7-15(2)8-19(10-17)21(26(32,33)34)12-23(28)18-5-6-20(22(11-18)27(35,36)37)24(38)9-16(3)13-41(39,40)14-25(29,30)31/h4-8,10-12,16,21H,1,9,13-14H2,2-3H3/b23-12-/t16-,21?/m0/s1. The Bertz CT molecular complexity index is 1420. The van der Waals surface area contributed by atoms with Gasteiger partial charge in [0, 0.05) is 17.5 Å². The van der Waals surface area contributed by atoms with Crippen molar-refractivity contribution in [1.29, 1.82) is 0 Å². The Morgan fingerprint density at radius 2 is 1.59 bits per heavy atom. The third-order valence-corrected chi connectivity index (χ3v) is 7.58. The number of carbonyl (C=O) groups excluding carboxylic acids is 1. The van der Waals surface area contributed by atoms with E-state index in [0.29, 0.717) is 23.3 Å². The number of rotatable bonds is 10. The van der Waals surface area contributed by atoms with E-state index in [0.717, 1.165) is 19.1 Å². The molecule has 0 aliphatic rings. The number of alkyl halides is 9. The molecule has 2 atom stereocenters. The van der Waals surface area contributed by atoms with Crippen LogP contribution in [0.5, 0.6) is 0 Å². The molecule has 2 aromatic rings. The summed E-state index contributed by atoms with van der Waals surface area (Å²) in [5.74, 6) is -10.1. The van der Waals surface area contributed by atoms with Crippen molar-refractivity contribution in [2.75, 3.05) is 11.5 Å². The average Bonchev–Trinajstić information content (AvgIpc) is 2.77. The lowest BCUT2D eigenvalue weighted by atomic mass is 9.92. The number of ketones is 1. The van der Waals surface area contributed by atoms with Crippen LogP contribution in [0, 0.1) is 12.8 Å². The van der Waals surface area contributed by atoms with E-state index >= 15 is 4.39 Å². The predicted molar refractivity (Wildman–Crippen MR) is 133 cm³/mol. The summed E-state index contributed by atoms with van der Waals surface area (Å²) in [6.07, 6.45) is -14.9. The number of hydrogen-bond donors (Lipinski definition) is 0. The van der Waals surface area contributed by atoms with Gasteiger partial charge in [0.2, 0.25) is 0 Å². The highest BCUT2D eigenvalue weighted by molar-refractivity contribution is 7.91. The summed E-state index contributed by atoms with van der Waals surface area (Å²) in [7, 11) is -4.73. The van der Waals surface area contributed by atoms with Crippen molar-refractivity contribution in [3.05, 3.63) is 82.4 Å². The van der Waals surface area contributed by atoms with Gasteiger partial charge in [0.05, 0.1) is 11.3 Å². The highest BCUT2D eigenvalue weighted by atomic mass is 32.2. The van der Waals surface area contributed by atoms with Crippen molar-refractivity contribution >= 4 is 27.5 Å². The molecule has 41 heavy (non-hydrogen) atoms. The van der Waals surface area contributed by atoms with Crippen molar-refractivity contribution in [1.82, 2.24) is 0 Å². The average molecular weight is 619 g/mol. The normalized spacial score (nSPS) is 15.0. The zero-order valence-corrected chi connectivity index (χ0v) is 22.3. The van der Waals surface area contributed by atoms with Gasteiger partial charge in [-0.05, 0) is 36.1 Å². The molecule has 2 rings (SSSR count). The molecule has 0 radical (unpaired) electrons. The van der Waals surface area contributed by atoms with E-state index in [-0.39, 0.29) is 17.7 Å². The van der Waals surface area contributed by atoms with Gasteiger partial charge < -0.3 is 0 Å². The van der Waals surface area contributed by atoms with Crippen molar-refractivity contribution in [3.63, 3.8) is 0 Å². The molecular weight excluding hydrogens is 594 g/mol. The summed E-state index contributed by atoms with van der Waals surface area (Å²) in [6, 6.07) is 5.06. The minimum absolute atomic E-state index is 0.103. The fourth-order valence-electron chi connectivity index (χ4n) is 4.16. The lowest BCUT2D eigenvalue weighted by Gasteiger charge is -2.19. The van der Waals surface area contributed by atoms with Crippen LogP contribution in [-0.4, -0.2) is 38.1 Å². The molecule has 3 nitrogen and oxygen atoms in total. The Balaban J connectivity index is 2.46. The quantitative estimate of drug-likeness (QED) is 0.198. The Morgan fingerprint density at radius 3 is 2.10 bits per heavy atom. The number of hydrogen-bond acceptors (Lipinski definition) is 3. The molecule has 0 saturated carbocycles. The smallest absolute Gasteiger partial charge is 0.294 e. The molecule has 0 N–H and O–H groups in total. The monoisotopic (exact) mass is 618 g/mol. The highest BCUT2D eigenvalue weighted by Crippen LogP contribution is 2.40. The van der Waals surface area contributed by atoms with Crippen LogP contribution in [0.3, 0.4) is 0 Å². The second-order valence-electron chi connectivity index (χ2n) is 9.58. The maximum absolute atomic E-state index is 15.0. The summed E-state index contributed by atoms with van der Waals surface area (Å²) in [4.78, 5) is 12.6. The molecule has 0 aromatic heterocycles. The third-order valence-electron chi connectivity index (χ3n) is 5.74. The second kappa shape index (κ2) is 12.4. The topological polar surface area (TPSA) is 51.2 Å². The van der Waals surface area contributed by atoms with Gasteiger partial charge in [0.1, 0.15) is 17.5 Å². The molecule has 14 heteroatoms. The minimum atomic E-state index is -5.29. The molecule has 0 amide bonds. The summed E-state index contributed by atoms with van der Waals surface area (Å²) in [6.45, 7) is 6.01. The van der Waals surface area contributed by atoms with E-state index in [2.05, 4.69) is 6.58 Å². The lowest BCUT2D eigenvalue weighted by molar-refractivity contribution is -0.140. The van der Waals surface area contributed by atoms with Crippen molar-refractivity contribution in [2.24, 2.45) is 5.92 Å². The third kappa shape index (κ3) is 10.0. The SMILES string of the molecule is C=Cc1cc(C)cc(C(/C=C(\F)c2ccc(C(=O)C[C@H](C)CS(=O)(=O)CC(F)(F)F)c(C(F)(F)F)c2)C(F)(F)F)c1. The summed E-state index contributed by atoms with van der Waals surface area (Å²) in [5.41, 5.74) is -3.37. The van der Waals surface area contributed by atoms with E-state index in [4.69, 9.17) is 0 Å². The number of benzene rings is 2. The Kier molecular flexibility index (Phi) is 10.3. The van der Waals surface area contributed by atoms with Crippen LogP contribution in [0.4, 0.5) is 43.9 Å². The number of aryl methyl sites for hydroxylation is 1. The first-order chi connectivity index (χ1) is 18.5. The molecule has 1 unspecified atom stereocenters. The number of Topliss-reactive ketones (excluding diaryl/α,β-unsaturated/α-hetero) is 1. The first-order valence-corrected chi connectivity index (χ1v) is 13.5. The Labute approximate surface area is 229 Å². The van der Waals surface area contributed by atoms with Crippen LogP contribution in [0.15, 0.2) is 49.1 Å². The predicted octanol–water partition coefficient (Wildman–Crippen LogP) is 8.50. The van der Waals surface area contributed by atoms with Crippen LogP contribution < -0.4 is 0 Å². The molecule has 0 heterocycles. The minimum Gasteiger partial charge on any atom is -0.294 e. The summed E-state index contributed by atoms with van der Waals surface area (Å²) >= 11 is 0. The largest absolute Gasteiger partial charge is 0.417 e. The van der Waals surface area contributed by atoms with Crippen molar-refractivity contribution in [2.45, 2.75) is 44.7 Å². The van der Waals surface area contributed by atoms with Gasteiger partial charge in [0.15, 0.2) is 15.6 Å². The maximum Gasteiger partial charge on any atom is 0.417 e. The van der Waals surface area contributed by atoms with Gasteiger partial charge in [-0.1, -0.05) is 55.5 Å². The molecule has 0 bridgehead atoms. The van der Waals surface area contributed by atoms with Gasteiger partial charge in [-0.25, -0.2) is 12.8 Å². The summed E-state index contributed by atoms with van der Waals surface area (Å²) in [5, 5.41) is 0. The number of halogens is 10. The zero-order chi connectivity index (χ0) is 31.6. The second-order valence-corrected chi connectivity index (χ2v) is 11.7. The molecule has 0 aliphatic heterocycles. The highest BCUT2D eigenvalue weighted by Gasteiger charge is 2.41. The van der Waals surface area contributed by atoms with E-state index in [1.165, 1.54) is 19.1 Å². The molecule has 0 saturated heterocycles. The molecule has 0 spiro atoms. The molecule has 226 valence electrons. The molecule has 0 aliphatic carbocycles.